The standard InChI is InChI=1S/CH5Br3Si2/c1-5(2)6(3)4/h5-6H,1H3. The van der Waals surface area contributed by atoms with Gasteiger partial charge < -0.3 is 0 Å². The Bertz CT molecular complexity index is 29.8. The van der Waals surface area contributed by atoms with E-state index in [9.17, 15) is 0 Å². The summed E-state index contributed by atoms with van der Waals surface area (Å²) in [5, 5.41) is 0. The van der Waals surface area contributed by atoms with Crippen LogP contribution in [0.15, 0.2) is 0 Å². The van der Waals surface area contributed by atoms with Crippen molar-refractivity contribution in [1.82, 2.24) is 0 Å². The summed E-state index contributed by atoms with van der Waals surface area (Å²) in [5.41, 5.74) is -0.563. The smallest absolute Gasteiger partial charge is 0.133 e. The van der Waals surface area contributed by atoms with E-state index in [1.807, 2.05) is 0 Å². The van der Waals surface area contributed by atoms with E-state index in [1.54, 1.807) is 0 Å². The van der Waals surface area contributed by atoms with Crippen molar-refractivity contribution in [3.8, 4) is 0 Å². The summed E-state index contributed by atoms with van der Waals surface area (Å²) in [4.78, 5) is 0. The van der Waals surface area contributed by atoms with Crippen LogP contribution in [0.5, 0.6) is 0 Å². The summed E-state index contributed by atoms with van der Waals surface area (Å²) in [7, 11) is 0. The molecule has 0 saturated heterocycles. The second-order valence-electron chi connectivity index (χ2n) is 1.01. The fourth-order valence-electron chi connectivity index (χ4n) is 0. The molecule has 1 atom stereocenters. The molecule has 0 rings (SSSR count). The lowest BCUT2D eigenvalue weighted by Gasteiger charge is -1.94. The quantitative estimate of drug-likeness (QED) is 0.512. The SMILES string of the molecule is C[SiH](Br)[SiH](Br)Br. The lowest BCUT2D eigenvalue weighted by Crippen LogP contribution is -2.10. The minimum Gasteiger partial charge on any atom is -0.133 e. The van der Waals surface area contributed by atoms with Crippen molar-refractivity contribution in [2.45, 2.75) is 6.55 Å². The third-order valence-electron chi connectivity index (χ3n) is 0.347. The van der Waals surface area contributed by atoms with Crippen molar-refractivity contribution in [2.24, 2.45) is 0 Å². The third kappa shape index (κ3) is 4.04. The molecule has 0 heterocycles. The summed E-state index contributed by atoms with van der Waals surface area (Å²) >= 11 is 10.6. The van der Waals surface area contributed by atoms with Crippen molar-refractivity contribution in [1.29, 1.82) is 0 Å². The highest BCUT2D eigenvalue weighted by Crippen LogP contribution is 2.10. The monoisotopic (exact) mass is 310 g/mol. The van der Waals surface area contributed by atoms with Gasteiger partial charge in [-0.2, -0.15) is 0 Å². The summed E-state index contributed by atoms with van der Waals surface area (Å²) in [6.45, 7) is 1.81. The Morgan fingerprint density at radius 2 is 1.33 bits per heavy atom. The molecule has 6 heavy (non-hydrogen) atoms. The van der Waals surface area contributed by atoms with Gasteiger partial charge in [-0.1, -0.05) is 6.55 Å². The first-order valence-corrected chi connectivity index (χ1v) is 14.9. The molecule has 0 nitrogen and oxygen atoms in total. The highest BCUT2D eigenvalue weighted by molar-refractivity contribution is 9.54. The molecule has 0 fully saturated rings. The van der Waals surface area contributed by atoms with Crippen molar-refractivity contribution < 1.29 is 0 Å². The molecule has 0 spiro atoms. The van der Waals surface area contributed by atoms with E-state index < -0.39 is 12.5 Å². The van der Waals surface area contributed by atoms with E-state index in [-0.39, 0.29) is 0 Å². The second kappa shape index (κ2) is 3.83. The molecule has 0 aromatic rings. The van der Waals surface area contributed by atoms with E-state index in [0.717, 1.165) is 0 Å². The second-order valence-corrected chi connectivity index (χ2v) is 30.8. The molecule has 5 heteroatoms. The number of halogens is 3. The largest absolute Gasteiger partial charge is 0.186 e. The van der Waals surface area contributed by atoms with Crippen LogP contribution in [0, 0.1) is 0 Å². The molecular formula is CH5Br3Si2. The van der Waals surface area contributed by atoms with Gasteiger partial charge in [-0.05, 0) is 0 Å². The fourth-order valence-corrected chi connectivity index (χ4v) is 0. The van der Waals surface area contributed by atoms with Gasteiger partial charge in [0, 0.05) is 0 Å². The normalized spacial score (nSPS) is 15.5. The van der Waals surface area contributed by atoms with Crippen LogP contribution in [0.1, 0.15) is 0 Å². The van der Waals surface area contributed by atoms with Crippen LogP contribution in [-0.2, 0) is 0 Å². The first kappa shape index (κ1) is 7.87. The Kier molecular flexibility index (Phi) is 5.02. The zero-order valence-electron chi connectivity index (χ0n) is 3.29. The van der Waals surface area contributed by atoms with Crippen LogP contribution in [0.25, 0.3) is 0 Å². The van der Waals surface area contributed by atoms with Crippen LogP contribution in [0.3, 0.4) is 0 Å². The lowest BCUT2D eigenvalue weighted by atomic mass is 11.9. The Morgan fingerprint density at radius 3 is 1.33 bits per heavy atom. The molecule has 1 unspecified atom stereocenters. The first-order valence-electron chi connectivity index (χ1n) is 1.57. The molecule has 0 aliphatic carbocycles. The molecule has 0 aromatic heterocycles. The van der Waals surface area contributed by atoms with Crippen LogP contribution in [0.4, 0.5) is 0 Å². The van der Waals surface area contributed by atoms with Gasteiger partial charge in [-0.25, -0.2) is 0 Å². The highest BCUT2D eigenvalue weighted by atomic mass is 79.9. The lowest BCUT2D eigenvalue weighted by molar-refractivity contribution is 2.35. The number of rotatable bonds is 1. The number of hydrogen-bond donors (Lipinski definition) is 0. The van der Waals surface area contributed by atoms with E-state index in [4.69, 9.17) is 0 Å². The van der Waals surface area contributed by atoms with Crippen LogP contribution in [0.2, 0.25) is 6.55 Å². The Hall–Kier alpha value is 1.87. The van der Waals surface area contributed by atoms with Crippen LogP contribution in [-0.4, -0.2) is 12.5 Å². The predicted molar refractivity (Wildman–Crippen MR) is 46.9 cm³/mol. The molecule has 0 aliphatic rings. The molecule has 0 saturated carbocycles. The fraction of sp³-hybridized carbons (Fsp3) is 1.00. The third-order valence-corrected chi connectivity index (χ3v) is 34.9. The number of hydrogen-bond acceptors (Lipinski definition) is 0. The van der Waals surface area contributed by atoms with Gasteiger partial charge in [-0.3, -0.25) is 0 Å². The highest BCUT2D eigenvalue weighted by Gasteiger charge is 2.08. The summed E-state index contributed by atoms with van der Waals surface area (Å²) in [6.07, 6.45) is 0. The maximum absolute atomic E-state index is 3.55. The maximum atomic E-state index is 3.55. The van der Waals surface area contributed by atoms with Gasteiger partial charge in [0.05, 0.1) is 0 Å². The molecule has 0 aromatic carbocycles. The Labute approximate surface area is 64.4 Å². The predicted octanol–water partition coefficient (Wildman–Crippen LogP) is 1.82. The van der Waals surface area contributed by atoms with E-state index in [0.29, 0.717) is 0 Å². The molecule has 0 radical (unpaired) electrons. The molecular weight excluding hydrogens is 308 g/mol. The van der Waals surface area contributed by atoms with E-state index in [2.05, 4.69) is 52.4 Å². The Morgan fingerprint density at radius 1 is 1.17 bits per heavy atom. The summed E-state index contributed by atoms with van der Waals surface area (Å²) in [5.74, 6) is 0. The van der Waals surface area contributed by atoms with Gasteiger partial charge in [0.1, 0.15) is 6.93 Å². The van der Waals surface area contributed by atoms with Crippen molar-refractivity contribution in [3.05, 3.63) is 0 Å². The minimum atomic E-state index is -0.563. The van der Waals surface area contributed by atoms with Crippen molar-refractivity contribution in [3.63, 3.8) is 0 Å². The molecule has 0 aliphatic heterocycles. The molecule has 0 amide bonds. The van der Waals surface area contributed by atoms with Crippen LogP contribution >= 0.6 is 45.9 Å². The zero-order chi connectivity index (χ0) is 5.15. The van der Waals surface area contributed by atoms with Gasteiger partial charge in [0.2, 0.25) is 0 Å². The summed E-state index contributed by atoms with van der Waals surface area (Å²) < 4.78 is 0. The van der Waals surface area contributed by atoms with E-state index in [1.165, 1.54) is 0 Å². The Balaban J connectivity index is 2.99. The molecule has 0 bridgehead atoms. The zero-order valence-corrected chi connectivity index (χ0v) is 10.4. The van der Waals surface area contributed by atoms with Gasteiger partial charge in [0.15, 0.2) is 5.55 Å². The molecule has 0 N–H and O–H groups in total. The van der Waals surface area contributed by atoms with E-state index >= 15 is 0 Å². The van der Waals surface area contributed by atoms with Gasteiger partial charge >= 0.3 is 0 Å². The minimum absolute atomic E-state index is 0.459. The van der Waals surface area contributed by atoms with Gasteiger partial charge in [0.25, 0.3) is 0 Å². The van der Waals surface area contributed by atoms with Crippen molar-refractivity contribution in [2.75, 3.05) is 0 Å². The average molecular weight is 313 g/mol. The van der Waals surface area contributed by atoms with Crippen LogP contribution < -0.4 is 0 Å². The average Bonchev–Trinajstić information content (AvgIpc) is 1.36. The van der Waals surface area contributed by atoms with Crippen molar-refractivity contribution >= 4 is 58.4 Å². The maximum Gasteiger partial charge on any atom is 0.186 e. The summed E-state index contributed by atoms with van der Waals surface area (Å²) in [6, 6.07) is 0. The van der Waals surface area contributed by atoms with Gasteiger partial charge in [-0.15, -0.1) is 45.9 Å². The molecule has 38 valence electrons. The topological polar surface area (TPSA) is 0 Å². The first-order chi connectivity index (χ1) is 2.64.